The second-order valence-corrected chi connectivity index (χ2v) is 8.58. The lowest BCUT2D eigenvalue weighted by atomic mass is 9.94. The Balaban J connectivity index is 1.41. The van der Waals surface area contributed by atoms with Gasteiger partial charge in [-0.15, -0.1) is 0 Å². The van der Waals surface area contributed by atoms with Crippen molar-refractivity contribution < 1.29 is 4.79 Å². The average molecular weight is 407 g/mol. The first-order chi connectivity index (χ1) is 14.4. The molecule has 0 radical (unpaired) electrons. The summed E-state index contributed by atoms with van der Waals surface area (Å²) in [7, 11) is 0. The van der Waals surface area contributed by atoms with E-state index in [4.69, 9.17) is 4.98 Å². The van der Waals surface area contributed by atoms with Gasteiger partial charge < -0.3 is 15.2 Å². The molecule has 30 heavy (non-hydrogen) atoms. The second-order valence-electron chi connectivity index (χ2n) is 8.58. The zero-order valence-electron chi connectivity index (χ0n) is 18.1. The number of piperidine rings is 1. The maximum absolute atomic E-state index is 13.1. The monoisotopic (exact) mass is 406 g/mol. The van der Waals surface area contributed by atoms with Gasteiger partial charge >= 0.3 is 0 Å². The van der Waals surface area contributed by atoms with E-state index in [0.29, 0.717) is 0 Å². The number of imidazole rings is 1. The Morgan fingerprint density at radius 1 is 1.10 bits per heavy atom. The van der Waals surface area contributed by atoms with Crippen LogP contribution in [0.3, 0.4) is 0 Å². The summed E-state index contributed by atoms with van der Waals surface area (Å²) in [5.41, 5.74) is 3.87. The lowest BCUT2D eigenvalue weighted by Gasteiger charge is -2.32. The van der Waals surface area contributed by atoms with Crippen LogP contribution in [0.2, 0.25) is 0 Å². The predicted octanol–water partition coefficient (Wildman–Crippen LogP) is 3.70. The molecule has 1 amide bonds. The van der Waals surface area contributed by atoms with Gasteiger partial charge in [-0.3, -0.25) is 4.79 Å². The summed E-state index contributed by atoms with van der Waals surface area (Å²) in [6.07, 6.45) is 1.60. The molecule has 0 unspecified atom stereocenters. The van der Waals surface area contributed by atoms with Gasteiger partial charge in [0.25, 0.3) is 0 Å². The minimum Gasteiger partial charge on any atom is -0.346 e. The molecule has 1 atom stereocenters. The normalized spacial score (nSPS) is 16.2. The van der Waals surface area contributed by atoms with E-state index >= 15 is 0 Å². The number of H-pyrrole nitrogens is 1. The summed E-state index contributed by atoms with van der Waals surface area (Å²) in [5.74, 6) is 1.93. The van der Waals surface area contributed by atoms with Crippen LogP contribution in [0.25, 0.3) is 11.0 Å². The van der Waals surface area contributed by atoms with Crippen LogP contribution >= 0.6 is 0 Å². The van der Waals surface area contributed by atoms with Crippen molar-refractivity contribution in [1.29, 1.82) is 0 Å². The molecule has 0 saturated carbocycles. The fourth-order valence-corrected chi connectivity index (χ4v) is 4.13. The number of hydrogen-bond acceptors (Lipinski definition) is 5. The Labute approximate surface area is 177 Å². The number of para-hydroxylation sites is 2. The number of nitrogens with one attached hydrogen (secondary N) is 2. The van der Waals surface area contributed by atoms with E-state index in [-0.39, 0.29) is 23.8 Å². The molecular formula is C23H30N6O. The summed E-state index contributed by atoms with van der Waals surface area (Å²) in [5, 5.41) is 3.25. The third-order valence-electron chi connectivity index (χ3n) is 5.79. The molecular weight excluding hydrogens is 376 g/mol. The molecule has 0 aliphatic carbocycles. The number of benzene rings is 1. The van der Waals surface area contributed by atoms with Crippen molar-refractivity contribution in [3.05, 3.63) is 47.5 Å². The number of amides is 1. The maximum atomic E-state index is 13.1. The van der Waals surface area contributed by atoms with Crippen LogP contribution in [0.5, 0.6) is 0 Å². The first-order valence-electron chi connectivity index (χ1n) is 10.7. The number of carbonyl (C=O) groups excluding carboxylic acids is 1. The quantitative estimate of drug-likeness (QED) is 0.675. The van der Waals surface area contributed by atoms with Crippen LogP contribution in [-0.2, 0) is 4.79 Å². The molecule has 2 N–H and O–H groups in total. The third kappa shape index (κ3) is 4.30. The Morgan fingerprint density at radius 2 is 1.77 bits per heavy atom. The molecule has 3 heterocycles. The molecule has 3 aromatic rings. The largest absolute Gasteiger partial charge is 0.346 e. The van der Waals surface area contributed by atoms with E-state index < -0.39 is 0 Å². The molecule has 1 fully saturated rings. The fourth-order valence-electron chi connectivity index (χ4n) is 4.13. The van der Waals surface area contributed by atoms with Crippen molar-refractivity contribution >= 4 is 22.9 Å². The van der Waals surface area contributed by atoms with Gasteiger partial charge in [-0.25, -0.2) is 15.0 Å². The van der Waals surface area contributed by atoms with Gasteiger partial charge in [-0.1, -0.05) is 26.0 Å². The smallest absolute Gasteiger partial charge is 0.225 e. The second kappa shape index (κ2) is 8.42. The van der Waals surface area contributed by atoms with E-state index in [9.17, 15) is 4.79 Å². The van der Waals surface area contributed by atoms with E-state index in [1.165, 1.54) is 0 Å². The molecule has 0 bridgehead atoms. The zero-order valence-corrected chi connectivity index (χ0v) is 18.1. The van der Waals surface area contributed by atoms with Crippen molar-refractivity contribution in [2.75, 3.05) is 18.0 Å². The highest BCUT2D eigenvalue weighted by Gasteiger charge is 2.29. The molecule has 1 aromatic carbocycles. The zero-order chi connectivity index (χ0) is 21.3. The van der Waals surface area contributed by atoms with E-state index in [1.807, 2.05) is 44.2 Å². The number of aromatic nitrogens is 4. The summed E-state index contributed by atoms with van der Waals surface area (Å²) in [4.78, 5) is 32.4. The number of aryl methyl sites for hydroxylation is 2. The van der Waals surface area contributed by atoms with Crippen LogP contribution in [0, 0.1) is 25.7 Å². The number of fused-ring (bicyclic) bond motifs is 1. The number of hydrogen-bond donors (Lipinski definition) is 2. The van der Waals surface area contributed by atoms with E-state index in [0.717, 1.165) is 60.1 Å². The Hall–Kier alpha value is -2.96. The van der Waals surface area contributed by atoms with Crippen LogP contribution < -0.4 is 10.2 Å². The van der Waals surface area contributed by atoms with Gasteiger partial charge in [0.05, 0.1) is 17.1 Å². The lowest BCUT2D eigenvalue weighted by molar-refractivity contribution is -0.126. The van der Waals surface area contributed by atoms with E-state index in [2.05, 4.69) is 39.0 Å². The number of anilines is 1. The Kier molecular flexibility index (Phi) is 5.70. The predicted molar refractivity (Wildman–Crippen MR) is 118 cm³/mol. The van der Waals surface area contributed by atoms with Gasteiger partial charge in [0.2, 0.25) is 11.9 Å². The van der Waals surface area contributed by atoms with Crippen LogP contribution in [0.15, 0.2) is 30.3 Å². The first-order valence-corrected chi connectivity index (χ1v) is 10.7. The molecule has 158 valence electrons. The van der Waals surface area contributed by atoms with E-state index in [1.54, 1.807) is 0 Å². The van der Waals surface area contributed by atoms with Crippen molar-refractivity contribution in [3.63, 3.8) is 0 Å². The number of rotatable bonds is 5. The topological polar surface area (TPSA) is 86.8 Å². The van der Waals surface area contributed by atoms with Gasteiger partial charge in [-0.2, -0.15) is 0 Å². The van der Waals surface area contributed by atoms with Gasteiger partial charge in [0, 0.05) is 30.4 Å². The minimum absolute atomic E-state index is 0.00205. The standard InChI is InChI=1S/C23H30N6O/c1-14(2)20(21-26-18-7-5-6-8-19(18)27-21)28-22(30)17-9-11-29(12-10-17)23-24-15(3)13-16(4)25-23/h5-8,13-14,17,20H,9-12H2,1-4H3,(H,26,27)(H,28,30)/t20-/m0/s1. The van der Waals surface area contributed by atoms with Crippen LogP contribution in [0.1, 0.15) is 49.9 Å². The molecule has 1 aliphatic heterocycles. The van der Waals surface area contributed by atoms with Crippen molar-refractivity contribution in [2.24, 2.45) is 11.8 Å². The highest BCUT2D eigenvalue weighted by Crippen LogP contribution is 2.25. The highest BCUT2D eigenvalue weighted by molar-refractivity contribution is 5.80. The summed E-state index contributed by atoms with van der Waals surface area (Å²) >= 11 is 0. The highest BCUT2D eigenvalue weighted by atomic mass is 16.2. The summed E-state index contributed by atoms with van der Waals surface area (Å²) < 4.78 is 0. The maximum Gasteiger partial charge on any atom is 0.225 e. The van der Waals surface area contributed by atoms with Crippen molar-refractivity contribution in [3.8, 4) is 0 Å². The fraction of sp³-hybridized carbons (Fsp3) is 0.478. The van der Waals surface area contributed by atoms with Gasteiger partial charge in [0.15, 0.2) is 0 Å². The lowest BCUT2D eigenvalue weighted by Crippen LogP contribution is -2.43. The average Bonchev–Trinajstić information content (AvgIpc) is 3.14. The molecule has 4 rings (SSSR count). The molecule has 1 saturated heterocycles. The Bertz CT molecular complexity index is 982. The summed E-state index contributed by atoms with van der Waals surface area (Å²) in [6.45, 7) is 9.78. The molecule has 7 nitrogen and oxygen atoms in total. The van der Waals surface area contributed by atoms with Crippen molar-refractivity contribution in [1.82, 2.24) is 25.3 Å². The molecule has 1 aliphatic rings. The van der Waals surface area contributed by atoms with Crippen LogP contribution in [-0.4, -0.2) is 38.9 Å². The Morgan fingerprint density at radius 3 is 2.40 bits per heavy atom. The number of nitrogens with zero attached hydrogens (tertiary/aromatic N) is 4. The minimum atomic E-state index is -0.134. The van der Waals surface area contributed by atoms with Gasteiger partial charge in [-0.05, 0) is 50.8 Å². The van der Waals surface area contributed by atoms with Crippen LogP contribution in [0.4, 0.5) is 5.95 Å². The molecule has 7 heteroatoms. The molecule has 2 aromatic heterocycles. The first kappa shape index (κ1) is 20.3. The summed E-state index contributed by atoms with van der Waals surface area (Å²) in [6, 6.07) is 9.80. The third-order valence-corrected chi connectivity index (χ3v) is 5.79. The van der Waals surface area contributed by atoms with Crippen molar-refractivity contribution in [2.45, 2.75) is 46.6 Å². The molecule has 0 spiro atoms. The SMILES string of the molecule is Cc1cc(C)nc(N2CCC(C(=O)N[C@H](c3nc4ccccc4[nH]3)C(C)C)CC2)n1. The number of carbonyl (C=O) groups is 1. The van der Waals surface area contributed by atoms with Gasteiger partial charge in [0.1, 0.15) is 5.82 Å². The number of aromatic amines is 1.